The summed E-state index contributed by atoms with van der Waals surface area (Å²) in [6, 6.07) is 5.42. The van der Waals surface area contributed by atoms with E-state index in [1.54, 1.807) is 19.3 Å². The van der Waals surface area contributed by atoms with E-state index in [2.05, 4.69) is 25.4 Å². The topological polar surface area (TPSA) is 87.6 Å². The van der Waals surface area contributed by atoms with Crippen LogP contribution in [0.3, 0.4) is 0 Å². The van der Waals surface area contributed by atoms with Crippen molar-refractivity contribution in [3.8, 4) is 5.75 Å². The number of benzene rings is 1. The number of rotatable bonds is 6. The third kappa shape index (κ3) is 4.56. The van der Waals surface area contributed by atoms with Crippen molar-refractivity contribution in [2.24, 2.45) is 18.9 Å². The first-order chi connectivity index (χ1) is 20.2. The molecule has 3 atom stereocenters. The van der Waals surface area contributed by atoms with E-state index in [0.29, 0.717) is 51.2 Å². The molecule has 0 spiro atoms. The van der Waals surface area contributed by atoms with E-state index in [-0.39, 0.29) is 11.7 Å². The second kappa shape index (κ2) is 9.67. The van der Waals surface area contributed by atoms with Gasteiger partial charge in [0.1, 0.15) is 5.02 Å². The number of alkyl halides is 2. The Bertz CT molecular complexity index is 1610. The Morgan fingerprint density at radius 3 is 2.62 bits per heavy atom. The molecule has 222 valence electrons. The minimum absolute atomic E-state index is 0.0808. The van der Waals surface area contributed by atoms with Gasteiger partial charge in [-0.3, -0.25) is 9.69 Å². The summed E-state index contributed by atoms with van der Waals surface area (Å²) in [5.74, 6) is -1.34. The molecular formula is C30H34ClF2N7O2. The zero-order chi connectivity index (χ0) is 28.7. The molecule has 0 amide bonds. The Morgan fingerprint density at radius 2 is 1.90 bits per heavy atom. The Kier molecular flexibility index (Phi) is 6.09. The third-order valence-corrected chi connectivity index (χ3v) is 9.96. The predicted molar refractivity (Wildman–Crippen MR) is 159 cm³/mol. The Labute approximate surface area is 247 Å². The van der Waals surface area contributed by atoms with Crippen LogP contribution in [0.2, 0.25) is 5.02 Å². The van der Waals surface area contributed by atoms with E-state index in [4.69, 9.17) is 21.3 Å². The molecule has 2 aliphatic carbocycles. The van der Waals surface area contributed by atoms with Crippen molar-refractivity contribution in [3.05, 3.63) is 39.8 Å². The maximum Gasteiger partial charge on any atom is 0.301 e. The zero-order valence-electron chi connectivity index (χ0n) is 23.5. The quantitative estimate of drug-likeness (QED) is 0.410. The molecule has 0 radical (unpaired) electrons. The average Bonchev–Trinajstić information content (AvgIpc) is 3.88. The van der Waals surface area contributed by atoms with Crippen molar-refractivity contribution in [2.45, 2.75) is 62.6 Å². The van der Waals surface area contributed by atoms with Crippen molar-refractivity contribution < 1.29 is 13.5 Å². The lowest BCUT2D eigenvalue weighted by Crippen LogP contribution is -2.54. The van der Waals surface area contributed by atoms with Gasteiger partial charge in [0.2, 0.25) is 11.7 Å². The van der Waals surface area contributed by atoms with E-state index in [9.17, 15) is 4.79 Å². The molecule has 9 nitrogen and oxygen atoms in total. The highest BCUT2D eigenvalue weighted by Crippen LogP contribution is 2.46. The van der Waals surface area contributed by atoms with Crippen LogP contribution < -0.4 is 25.8 Å². The number of aromatic nitrogens is 3. The van der Waals surface area contributed by atoms with Gasteiger partial charge in [0.05, 0.1) is 23.4 Å². The van der Waals surface area contributed by atoms with E-state index < -0.39 is 24.1 Å². The highest BCUT2D eigenvalue weighted by Gasteiger charge is 2.51. The van der Waals surface area contributed by atoms with E-state index >= 15 is 8.78 Å². The first kappa shape index (κ1) is 26.4. The van der Waals surface area contributed by atoms with Gasteiger partial charge >= 0.3 is 5.92 Å². The van der Waals surface area contributed by atoms with Gasteiger partial charge in [0.25, 0.3) is 5.56 Å². The van der Waals surface area contributed by atoms with Crippen molar-refractivity contribution in [1.29, 1.82) is 0 Å². The summed E-state index contributed by atoms with van der Waals surface area (Å²) in [5, 5.41) is 7.34. The van der Waals surface area contributed by atoms with Crippen LogP contribution in [0.1, 0.15) is 38.5 Å². The molecule has 2 aromatic heterocycles. The second-order valence-corrected chi connectivity index (χ2v) is 13.1. The number of halogens is 3. The maximum atomic E-state index is 15.0. The Balaban J connectivity index is 1.10. The van der Waals surface area contributed by atoms with Crippen LogP contribution in [0.25, 0.3) is 10.9 Å². The van der Waals surface area contributed by atoms with Crippen LogP contribution in [0.5, 0.6) is 5.75 Å². The lowest BCUT2D eigenvalue weighted by atomic mass is 10.0. The van der Waals surface area contributed by atoms with Gasteiger partial charge in [-0.25, -0.2) is 13.8 Å². The number of anilines is 4. The normalized spacial score (nSPS) is 26.9. The molecule has 5 aliphatic rings. The molecular weight excluding hydrogens is 564 g/mol. The molecule has 2 N–H and O–H groups in total. The first-order valence-corrected chi connectivity index (χ1v) is 15.4. The van der Waals surface area contributed by atoms with Crippen LogP contribution in [0.4, 0.5) is 31.9 Å². The summed E-state index contributed by atoms with van der Waals surface area (Å²) in [5.41, 5.74) is 1.12. The SMILES string of the molecule is Cn1c(=O)c2c(c3cc(Nc4nc(N5CC6CCC(C5)N6CC5CC5)ncc4Cl)ccc31)N[C@@H](C1CC1)C(F)(F)CO2. The highest BCUT2D eigenvalue weighted by molar-refractivity contribution is 6.33. The van der Waals surface area contributed by atoms with Gasteiger partial charge < -0.3 is 24.8 Å². The average molecular weight is 598 g/mol. The summed E-state index contributed by atoms with van der Waals surface area (Å²) in [6.07, 6.45) is 8.22. The summed E-state index contributed by atoms with van der Waals surface area (Å²) in [6.45, 7) is 2.19. The summed E-state index contributed by atoms with van der Waals surface area (Å²) >= 11 is 6.56. The molecule has 2 saturated heterocycles. The van der Waals surface area contributed by atoms with Gasteiger partial charge in [-0.15, -0.1) is 0 Å². The van der Waals surface area contributed by atoms with Gasteiger partial charge in [-0.2, -0.15) is 4.98 Å². The predicted octanol–water partition coefficient (Wildman–Crippen LogP) is 5.01. The molecule has 4 fully saturated rings. The maximum absolute atomic E-state index is 15.0. The minimum Gasteiger partial charge on any atom is -0.480 e. The number of hydrogen-bond acceptors (Lipinski definition) is 8. The molecule has 42 heavy (non-hydrogen) atoms. The van der Waals surface area contributed by atoms with Gasteiger partial charge in [-0.05, 0) is 68.6 Å². The number of aryl methyl sites for hydroxylation is 1. The van der Waals surface area contributed by atoms with Crippen LogP contribution >= 0.6 is 11.6 Å². The standard InChI is InChI=1S/C30H34ClF2N7O2/c1-38-23-9-6-18(10-21(23)24-25(28(38)41)42-15-30(32,33)26(36-24)17-4-5-17)35-27-22(31)11-34-29(37-27)39-13-19-7-8-20(14-39)40(19)12-16-2-3-16/h6,9-11,16-17,19-20,26,36H,2-5,7-8,12-15H2,1H3,(H,34,35,37)/t19?,20?,26-/m0/s1. The van der Waals surface area contributed by atoms with Crippen LogP contribution in [0, 0.1) is 11.8 Å². The monoisotopic (exact) mass is 597 g/mol. The lowest BCUT2D eigenvalue weighted by Gasteiger charge is -2.41. The Hall–Kier alpha value is -3.18. The van der Waals surface area contributed by atoms with E-state index in [0.717, 1.165) is 31.8 Å². The van der Waals surface area contributed by atoms with Crippen LogP contribution in [0.15, 0.2) is 29.2 Å². The molecule has 1 aromatic carbocycles. The fourth-order valence-corrected chi connectivity index (χ4v) is 7.21. The molecule has 3 aromatic rings. The van der Waals surface area contributed by atoms with E-state index in [1.165, 1.54) is 36.8 Å². The third-order valence-electron chi connectivity index (χ3n) is 9.69. The molecule has 2 unspecified atom stereocenters. The number of fused-ring (bicyclic) bond motifs is 5. The molecule has 2 bridgehead atoms. The highest BCUT2D eigenvalue weighted by atomic mass is 35.5. The van der Waals surface area contributed by atoms with Crippen molar-refractivity contribution >= 4 is 45.6 Å². The second-order valence-electron chi connectivity index (χ2n) is 12.7. The first-order valence-electron chi connectivity index (χ1n) is 15.0. The molecule has 8 rings (SSSR count). The number of nitrogens with zero attached hydrogens (tertiary/aromatic N) is 5. The Morgan fingerprint density at radius 1 is 1.14 bits per heavy atom. The fraction of sp³-hybridized carbons (Fsp3) is 0.567. The fourth-order valence-electron chi connectivity index (χ4n) is 7.07. The molecule has 3 aliphatic heterocycles. The van der Waals surface area contributed by atoms with Gasteiger partial charge in [0, 0.05) is 49.8 Å². The number of nitrogens with one attached hydrogen (secondary N) is 2. The smallest absolute Gasteiger partial charge is 0.301 e. The number of pyridine rings is 1. The van der Waals surface area contributed by atoms with E-state index in [1.807, 2.05) is 12.1 Å². The minimum atomic E-state index is -3.10. The van der Waals surface area contributed by atoms with Crippen molar-refractivity contribution in [1.82, 2.24) is 19.4 Å². The van der Waals surface area contributed by atoms with Gasteiger partial charge in [-0.1, -0.05) is 11.6 Å². The van der Waals surface area contributed by atoms with Crippen molar-refractivity contribution in [2.75, 3.05) is 41.8 Å². The lowest BCUT2D eigenvalue weighted by molar-refractivity contribution is -0.0579. The number of ether oxygens (including phenoxy) is 1. The number of hydrogen-bond donors (Lipinski definition) is 2. The molecule has 5 heterocycles. The van der Waals surface area contributed by atoms with Crippen molar-refractivity contribution in [3.63, 3.8) is 0 Å². The summed E-state index contributed by atoms with van der Waals surface area (Å²) in [7, 11) is 1.62. The summed E-state index contributed by atoms with van der Waals surface area (Å²) in [4.78, 5) is 27.5. The largest absolute Gasteiger partial charge is 0.480 e. The van der Waals surface area contributed by atoms with Gasteiger partial charge in [0.15, 0.2) is 12.4 Å². The van der Waals surface area contributed by atoms with Crippen LogP contribution in [-0.4, -0.2) is 69.7 Å². The summed E-state index contributed by atoms with van der Waals surface area (Å²) < 4.78 is 36.9. The van der Waals surface area contributed by atoms with Crippen LogP contribution in [-0.2, 0) is 7.05 Å². The number of piperazine rings is 1. The molecule has 12 heteroatoms. The molecule has 2 saturated carbocycles. The zero-order valence-corrected chi connectivity index (χ0v) is 24.2.